The maximum atomic E-state index is 12.1. The van der Waals surface area contributed by atoms with Crippen molar-refractivity contribution in [3.8, 4) is 0 Å². The van der Waals surface area contributed by atoms with Crippen molar-refractivity contribution in [3.63, 3.8) is 0 Å². The van der Waals surface area contributed by atoms with E-state index in [0.717, 1.165) is 31.5 Å². The molecular weight excluding hydrogens is 238 g/mol. The molecule has 0 aromatic heterocycles. The Kier molecular flexibility index (Phi) is 4.72. The van der Waals surface area contributed by atoms with Crippen LogP contribution in [0, 0.1) is 12.8 Å². The second-order valence-electron chi connectivity index (χ2n) is 5.64. The molecule has 0 bridgehead atoms. The van der Waals surface area contributed by atoms with Crippen LogP contribution in [-0.2, 0) is 0 Å². The molecule has 0 saturated carbocycles. The first-order valence-electron chi connectivity index (χ1n) is 7.06. The van der Waals surface area contributed by atoms with E-state index in [1.165, 1.54) is 5.56 Å². The molecule has 1 unspecified atom stereocenters. The van der Waals surface area contributed by atoms with Crippen LogP contribution in [0.3, 0.4) is 0 Å². The highest BCUT2D eigenvalue weighted by molar-refractivity contribution is 5.97. The van der Waals surface area contributed by atoms with Gasteiger partial charge < -0.3 is 5.11 Å². The SMILES string of the molecule is Cc1ccc(C(=O)CN2CCC(C(C)O)CC2)cc1. The Balaban J connectivity index is 1.85. The van der Waals surface area contributed by atoms with Gasteiger partial charge in [0.15, 0.2) is 5.78 Å². The molecule has 1 heterocycles. The molecule has 1 saturated heterocycles. The van der Waals surface area contributed by atoms with E-state index in [9.17, 15) is 9.90 Å². The first-order chi connectivity index (χ1) is 9.06. The Hall–Kier alpha value is -1.19. The van der Waals surface area contributed by atoms with Crippen LogP contribution in [0.5, 0.6) is 0 Å². The highest BCUT2D eigenvalue weighted by Gasteiger charge is 2.23. The summed E-state index contributed by atoms with van der Waals surface area (Å²) in [7, 11) is 0. The van der Waals surface area contributed by atoms with Crippen molar-refractivity contribution >= 4 is 5.78 Å². The standard InChI is InChI=1S/C16H23NO2/c1-12-3-5-15(6-4-12)16(19)11-17-9-7-14(8-10-17)13(2)18/h3-6,13-14,18H,7-11H2,1-2H3. The maximum Gasteiger partial charge on any atom is 0.176 e. The van der Waals surface area contributed by atoms with E-state index in [1.54, 1.807) is 0 Å². The van der Waals surface area contributed by atoms with Crippen LogP contribution >= 0.6 is 0 Å². The van der Waals surface area contributed by atoms with Crippen LogP contribution in [0.15, 0.2) is 24.3 Å². The summed E-state index contributed by atoms with van der Waals surface area (Å²) in [5, 5.41) is 9.56. The van der Waals surface area contributed by atoms with Crippen LogP contribution in [0.1, 0.15) is 35.7 Å². The zero-order chi connectivity index (χ0) is 13.8. The Bertz CT molecular complexity index is 417. The number of aliphatic hydroxyl groups is 1. The van der Waals surface area contributed by atoms with Gasteiger partial charge >= 0.3 is 0 Å². The van der Waals surface area contributed by atoms with Crippen molar-refractivity contribution in [1.82, 2.24) is 4.90 Å². The molecule has 1 aromatic carbocycles. The van der Waals surface area contributed by atoms with Gasteiger partial charge in [-0.25, -0.2) is 0 Å². The van der Waals surface area contributed by atoms with Crippen LogP contribution in [0.25, 0.3) is 0 Å². The topological polar surface area (TPSA) is 40.5 Å². The van der Waals surface area contributed by atoms with E-state index >= 15 is 0 Å². The fourth-order valence-electron chi connectivity index (χ4n) is 2.63. The number of aryl methyl sites for hydroxylation is 1. The molecule has 0 radical (unpaired) electrons. The van der Waals surface area contributed by atoms with Crippen LogP contribution in [0.4, 0.5) is 0 Å². The van der Waals surface area contributed by atoms with Gasteiger partial charge in [-0.2, -0.15) is 0 Å². The molecule has 19 heavy (non-hydrogen) atoms. The number of benzene rings is 1. The fraction of sp³-hybridized carbons (Fsp3) is 0.562. The van der Waals surface area contributed by atoms with Gasteiger partial charge in [-0.3, -0.25) is 9.69 Å². The molecular formula is C16H23NO2. The highest BCUT2D eigenvalue weighted by atomic mass is 16.3. The summed E-state index contributed by atoms with van der Waals surface area (Å²) in [5.74, 6) is 0.584. The van der Waals surface area contributed by atoms with E-state index in [0.29, 0.717) is 12.5 Å². The molecule has 1 atom stereocenters. The van der Waals surface area contributed by atoms with Gasteiger partial charge in [0.05, 0.1) is 12.6 Å². The summed E-state index contributed by atoms with van der Waals surface area (Å²) >= 11 is 0. The number of carbonyl (C=O) groups is 1. The number of piperidine rings is 1. The minimum absolute atomic E-state index is 0.190. The molecule has 0 aliphatic carbocycles. The zero-order valence-electron chi connectivity index (χ0n) is 11.8. The Morgan fingerprint density at radius 3 is 2.42 bits per heavy atom. The smallest absolute Gasteiger partial charge is 0.176 e. The Labute approximate surface area is 115 Å². The normalized spacial score (nSPS) is 19.3. The molecule has 2 rings (SSSR count). The third kappa shape index (κ3) is 3.88. The van der Waals surface area contributed by atoms with Crippen LogP contribution in [0.2, 0.25) is 0 Å². The van der Waals surface area contributed by atoms with Crippen molar-refractivity contribution in [2.24, 2.45) is 5.92 Å². The first-order valence-corrected chi connectivity index (χ1v) is 7.06. The van der Waals surface area contributed by atoms with Gasteiger partial charge in [0.2, 0.25) is 0 Å². The van der Waals surface area contributed by atoms with E-state index in [2.05, 4.69) is 4.90 Å². The predicted octanol–water partition coefficient (Wildman–Crippen LogP) is 2.27. The first kappa shape index (κ1) is 14.2. The van der Waals surface area contributed by atoms with Crippen LogP contribution < -0.4 is 0 Å². The van der Waals surface area contributed by atoms with E-state index in [1.807, 2.05) is 38.1 Å². The second-order valence-corrected chi connectivity index (χ2v) is 5.64. The average molecular weight is 261 g/mol. The van der Waals surface area contributed by atoms with Crippen molar-refractivity contribution in [3.05, 3.63) is 35.4 Å². The molecule has 1 N–H and O–H groups in total. The summed E-state index contributed by atoms with van der Waals surface area (Å²) in [5.41, 5.74) is 1.97. The second kappa shape index (κ2) is 6.31. The minimum atomic E-state index is -0.227. The maximum absolute atomic E-state index is 12.1. The molecule has 3 heteroatoms. The molecule has 104 valence electrons. The lowest BCUT2D eigenvalue weighted by atomic mass is 9.92. The van der Waals surface area contributed by atoms with Gasteiger partial charge in [-0.1, -0.05) is 29.8 Å². The molecule has 0 amide bonds. The van der Waals surface area contributed by atoms with Gasteiger partial charge in [0.1, 0.15) is 0 Å². The zero-order valence-corrected chi connectivity index (χ0v) is 11.8. The quantitative estimate of drug-likeness (QED) is 0.845. The third-order valence-electron chi connectivity index (χ3n) is 4.06. The predicted molar refractivity (Wildman–Crippen MR) is 76.4 cm³/mol. The fourth-order valence-corrected chi connectivity index (χ4v) is 2.63. The number of carbonyl (C=O) groups excluding carboxylic acids is 1. The Morgan fingerprint density at radius 2 is 1.89 bits per heavy atom. The summed E-state index contributed by atoms with van der Waals surface area (Å²) in [4.78, 5) is 14.3. The molecule has 1 aliphatic rings. The van der Waals surface area contributed by atoms with Gasteiger partial charge in [0.25, 0.3) is 0 Å². The lowest BCUT2D eigenvalue weighted by Gasteiger charge is -2.32. The van der Waals surface area contributed by atoms with Gasteiger partial charge in [0, 0.05) is 5.56 Å². The van der Waals surface area contributed by atoms with Crippen molar-refractivity contribution < 1.29 is 9.90 Å². The Morgan fingerprint density at radius 1 is 1.32 bits per heavy atom. The number of rotatable bonds is 4. The lowest BCUT2D eigenvalue weighted by molar-refractivity contribution is 0.0664. The van der Waals surface area contributed by atoms with Gasteiger partial charge in [-0.05, 0) is 45.7 Å². The largest absolute Gasteiger partial charge is 0.393 e. The molecule has 0 spiro atoms. The summed E-state index contributed by atoms with van der Waals surface area (Å²) in [6, 6.07) is 7.76. The molecule has 1 aromatic rings. The number of likely N-dealkylation sites (tertiary alicyclic amines) is 1. The number of Topliss-reactive ketones (excluding diaryl/α,β-unsaturated/α-hetero) is 1. The molecule has 1 fully saturated rings. The van der Waals surface area contributed by atoms with Crippen molar-refractivity contribution in [2.45, 2.75) is 32.8 Å². The van der Waals surface area contributed by atoms with Crippen LogP contribution in [-0.4, -0.2) is 41.5 Å². The number of hydrogen-bond donors (Lipinski definition) is 1. The number of nitrogens with zero attached hydrogens (tertiary/aromatic N) is 1. The third-order valence-corrected chi connectivity index (χ3v) is 4.06. The summed E-state index contributed by atoms with van der Waals surface area (Å²) < 4.78 is 0. The highest BCUT2D eigenvalue weighted by Crippen LogP contribution is 2.20. The van der Waals surface area contributed by atoms with Crippen molar-refractivity contribution in [2.75, 3.05) is 19.6 Å². The summed E-state index contributed by atoms with van der Waals surface area (Å²) in [6.07, 6.45) is 1.74. The summed E-state index contributed by atoms with van der Waals surface area (Å²) in [6.45, 7) is 6.20. The van der Waals surface area contributed by atoms with Gasteiger partial charge in [-0.15, -0.1) is 0 Å². The van der Waals surface area contributed by atoms with Crippen molar-refractivity contribution in [1.29, 1.82) is 0 Å². The minimum Gasteiger partial charge on any atom is -0.393 e. The number of hydrogen-bond acceptors (Lipinski definition) is 3. The number of ketones is 1. The van der Waals surface area contributed by atoms with E-state index in [-0.39, 0.29) is 11.9 Å². The molecule has 1 aliphatic heterocycles. The average Bonchev–Trinajstić information content (AvgIpc) is 2.40. The monoisotopic (exact) mass is 261 g/mol. The lowest BCUT2D eigenvalue weighted by Crippen LogP contribution is -2.39. The number of aliphatic hydroxyl groups excluding tert-OH is 1. The molecule has 3 nitrogen and oxygen atoms in total. The van der Waals surface area contributed by atoms with E-state index < -0.39 is 0 Å². The van der Waals surface area contributed by atoms with E-state index in [4.69, 9.17) is 0 Å².